The highest BCUT2D eigenvalue weighted by Crippen LogP contribution is 2.31. The van der Waals surface area contributed by atoms with E-state index in [0.717, 1.165) is 50.6 Å². The van der Waals surface area contributed by atoms with Gasteiger partial charge in [-0.25, -0.2) is 0 Å². The van der Waals surface area contributed by atoms with E-state index in [0.29, 0.717) is 10.2 Å². The number of benzene rings is 1. The Balaban J connectivity index is 1.52. The lowest BCUT2D eigenvalue weighted by atomic mass is 10.1. The topological polar surface area (TPSA) is 26.8 Å². The molecule has 140 valence electrons. The lowest BCUT2D eigenvalue weighted by Gasteiger charge is -2.34. The highest BCUT2D eigenvalue weighted by atomic mass is 32.2. The first-order chi connectivity index (χ1) is 12.5. The van der Waals surface area contributed by atoms with E-state index in [-0.39, 0.29) is 5.91 Å². The molecule has 4 nitrogen and oxygen atoms in total. The number of thiocarbonyl (C=S) groups is 1. The Kier molecular flexibility index (Phi) is 6.73. The maximum atomic E-state index is 12.6. The third-order valence-corrected chi connectivity index (χ3v) is 6.12. The quantitative estimate of drug-likeness (QED) is 0.548. The number of nitrogens with zero attached hydrogens (tertiary/aromatic N) is 3. The van der Waals surface area contributed by atoms with Crippen LogP contribution in [0.4, 0.5) is 0 Å². The molecule has 0 saturated carbocycles. The largest absolute Gasteiger partial charge is 0.374 e. The van der Waals surface area contributed by atoms with Crippen molar-refractivity contribution in [3.63, 3.8) is 0 Å². The molecule has 0 atom stereocenters. The van der Waals surface area contributed by atoms with Crippen molar-refractivity contribution in [1.82, 2.24) is 14.7 Å². The molecular formula is C20H27N3OS2. The van der Waals surface area contributed by atoms with E-state index in [1.807, 2.05) is 6.20 Å². The van der Waals surface area contributed by atoms with Crippen molar-refractivity contribution in [2.75, 3.05) is 32.7 Å². The summed E-state index contributed by atoms with van der Waals surface area (Å²) in [5.41, 5.74) is 1.35. The molecule has 0 bridgehead atoms. The molecule has 0 unspecified atom stereocenters. The summed E-state index contributed by atoms with van der Waals surface area (Å²) in [5, 5.41) is 0. The first-order valence-corrected chi connectivity index (χ1v) is 10.5. The maximum Gasteiger partial charge on any atom is 0.267 e. The van der Waals surface area contributed by atoms with Gasteiger partial charge in [0.2, 0.25) is 0 Å². The van der Waals surface area contributed by atoms with Gasteiger partial charge in [-0.2, -0.15) is 0 Å². The van der Waals surface area contributed by atoms with Crippen LogP contribution in [0.5, 0.6) is 0 Å². The minimum Gasteiger partial charge on any atom is -0.374 e. The van der Waals surface area contributed by atoms with Crippen molar-refractivity contribution in [2.45, 2.75) is 26.8 Å². The molecule has 0 aliphatic carbocycles. The van der Waals surface area contributed by atoms with Gasteiger partial charge in [0.25, 0.3) is 5.91 Å². The van der Waals surface area contributed by atoms with Crippen LogP contribution in [0.2, 0.25) is 0 Å². The van der Waals surface area contributed by atoms with Crippen molar-refractivity contribution in [3.05, 3.63) is 47.0 Å². The average Bonchev–Trinajstić information content (AvgIpc) is 2.89. The molecule has 2 heterocycles. The Morgan fingerprint density at radius 1 is 1.15 bits per heavy atom. The maximum absolute atomic E-state index is 12.6. The second-order valence-corrected chi connectivity index (χ2v) is 8.97. The molecule has 2 saturated heterocycles. The van der Waals surface area contributed by atoms with Gasteiger partial charge in [-0.3, -0.25) is 14.6 Å². The number of hydrogen-bond donors (Lipinski definition) is 0. The Bertz CT molecular complexity index is 667. The van der Waals surface area contributed by atoms with Crippen LogP contribution < -0.4 is 0 Å². The summed E-state index contributed by atoms with van der Waals surface area (Å²) in [6, 6.07) is 10.6. The number of hydrogen-bond acceptors (Lipinski definition) is 5. The number of thioether (sulfide) groups is 1. The van der Waals surface area contributed by atoms with Crippen LogP contribution in [-0.4, -0.2) is 57.7 Å². The summed E-state index contributed by atoms with van der Waals surface area (Å²) in [6.45, 7) is 9.98. The highest BCUT2D eigenvalue weighted by molar-refractivity contribution is 8.26. The van der Waals surface area contributed by atoms with Gasteiger partial charge in [-0.1, -0.05) is 68.2 Å². The normalized spacial score (nSPS) is 20.7. The van der Waals surface area contributed by atoms with Gasteiger partial charge in [0.15, 0.2) is 0 Å². The van der Waals surface area contributed by atoms with Crippen molar-refractivity contribution in [1.29, 1.82) is 0 Å². The van der Waals surface area contributed by atoms with Gasteiger partial charge in [-0.15, -0.1) is 0 Å². The molecule has 2 fully saturated rings. The second-order valence-electron chi connectivity index (χ2n) is 7.30. The molecule has 6 heteroatoms. The Morgan fingerprint density at radius 3 is 2.50 bits per heavy atom. The van der Waals surface area contributed by atoms with Gasteiger partial charge in [0.05, 0.1) is 4.91 Å². The molecule has 26 heavy (non-hydrogen) atoms. The van der Waals surface area contributed by atoms with Crippen LogP contribution in [0.15, 0.2) is 41.4 Å². The first kappa shape index (κ1) is 19.4. The predicted octanol–water partition coefficient (Wildman–Crippen LogP) is 3.55. The molecule has 2 aliphatic heterocycles. The van der Waals surface area contributed by atoms with E-state index < -0.39 is 0 Å². The van der Waals surface area contributed by atoms with Crippen LogP contribution in [-0.2, 0) is 11.3 Å². The van der Waals surface area contributed by atoms with Gasteiger partial charge in [0, 0.05) is 45.5 Å². The molecule has 2 aliphatic rings. The van der Waals surface area contributed by atoms with Crippen molar-refractivity contribution in [2.24, 2.45) is 5.92 Å². The zero-order valence-electron chi connectivity index (χ0n) is 15.6. The molecule has 0 radical (unpaired) electrons. The molecule has 3 rings (SSSR count). The zero-order chi connectivity index (χ0) is 18.5. The number of carbonyl (C=O) groups excluding carboxylic acids is 1. The third-order valence-electron chi connectivity index (χ3n) is 4.76. The fourth-order valence-electron chi connectivity index (χ4n) is 3.13. The van der Waals surface area contributed by atoms with Crippen molar-refractivity contribution in [3.8, 4) is 0 Å². The van der Waals surface area contributed by atoms with E-state index in [1.165, 1.54) is 17.3 Å². The van der Waals surface area contributed by atoms with Crippen LogP contribution in [0.25, 0.3) is 0 Å². The van der Waals surface area contributed by atoms with Crippen LogP contribution in [0, 0.1) is 5.92 Å². The molecule has 0 aromatic heterocycles. The summed E-state index contributed by atoms with van der Waals surface area (Å²) in [4.78, 5) is 19.9. The summed E-state index contributed by atoms with van der Waals surface area (Å²) in [6.07, 6.45) is 3.01. The lowest BCUT2D eigenvalue weighted by Crippen LogP contribution is -2.43. The van der Waals surface area contributed by atoms with E-state index in [2.05, 4.69) is 54.0 Å². The van der Waals surface area contributed by atoms with Gasteiger partial charge >= 0.3 is 0 Å². The van der Waals surface area contributed by atoms with E-state index in [4.69, 9.17) is 12.2 Å². The second kappa shape index (κ2) is 9.02. The Morgan fingerprint density at radius 2 is 1.85 bits per heavy atom. The Labute approximate surface area is 166 Å². The number of carbonyl (C=O) groups is 1. The summed E-state index contributed by atoms with van der Waals surface area (Å²) >= 11 is 6.85. The fourth-order valence-corrected chi connectivity index (χ4v) is 4.44. The first-order valence-electron chi connectivity index (χ1n) is 9.29. The molecule has 0 N–H and O–H groups in total. The monoisotopic (exact) mass is 389 g/mol. The summed E-state index contributed by atoms with van der Waals surface area (Å²) in [7, 11) is 0. The minimum absolute atomic E-state index is 0.0763. The van der Waals surface area contributed by atoms with E-state index in [9.17, 15) is 4.79 Å². The Hall–Kier alpha value is -1.37. The minimum atomic E-state index is 0.0763. The standard InChI is InChI=1S/C20H27N3OS2/c1-16(2)8-9-23-19(24)18(26-20(23)25)15-22-12-10-21(11-13-22)14-17-6-4-3-5-7-17/h3-7,15-16H,8-14H2,1-2H3/b18-15+. The molecular weight excluding hydrogens is 362 g/mol. The fraction of sp³-hybridized carbons (Fsp3) is 0.500. The van der Waals surface area contributed by atoms with Gasteiger partial charge in [-0.05, 0) is 17.9 Å². The summed E-state index contributed by atoms with van der Waals surface area (Å²) < 4.78 is 0.699. The predicted molar refractivity (Wildman–Crippen MR) is 113 cm³/mol. The zero-order valence-corrected chi connectivity index (χ0v) is 17.2. The van der Waals surface area contributed by atoms with Crippen LogP contribution in [0.3, 0.4) is 0 Å². The van der Waals surface area contributed by atoms with E-state index >= 15 is 0 Å². The van der Waals surface area contributed by atoms with Gasteiger partial charge < -0.3 is 4.90 Å². The van der Waals surface area contributed by atoms with Crippen LogP contribution >= 0.6 is 24.0 Å². The molecule has 0 spiro atoms. The van der Waals surface area contributed by atoms with Crippen molar-refractivity contribution < 1.29 is 4.79 Å². The molecule has 1 amide bonds. The summed E-state index contributed by atoms with van der Waals surface area (Å²) in [5.74, 6) is 0.647. The number of piperazine rings is 1. The average molecular weight is 390 g/mol. The molecule has 1 aromatic carbocycles. The van der Waals surface area contributed by atoms with Gasteiger partial charge in [0.1, 0.15) is 4.32 Å². The lowest BCUT2D eigenvalue weighted by molar-refractivity contribution is -0.122. The van der Waals surface area contributed by atoms with Crippen LogP contribution in [0.1, 0.15) is 25.8 Å². The third kappa shape index (κ3) is 5.09. The SMILES string of the molecule is CC(C)CCN1C(=O)/C(=C\N2CCN(Cc3ccccc3)CC2)SC1=S. The smallest absolute Gasteiger partial charge is 0.267 e. The highest BCUT2D eigenvalue weighted by Gasteiger charge is 2.32. The number of amides is 1. The van der Waals surface area contributed by atoms with Crippen molar-refractivity contribution >= 4 is 34.2 Å². The number of rotatable bonds is 6. The van der Waals surface area contributed by atoms with E-state index in [1.54, 1.807) is 4.90 Å². The molecule has 1 aromatic rings.